The molecule has 4 aromatic heterocycles. The molecule has 16 nitrogen and oxygen atoms in total. The molecule has 10 rings (SSSR count). The molecule has 0 radical (unpaired) electrons. The van der Waals surface area contributed by atoms with Gasteiger partial charge in [0.15, 0.2) is 6.29 Å². The summed E-state index contributed by atoms with van der Waals surface area (Å²) in [6.45, 7) is 16.4. The molecule has 75 heavy (non-hydrogen) atoms. The number of fused-ring (bicyclic) bond motifs is 4. The van der Waals surface area contributed by atoms with Crippen LogP contribution in [-0.4, -0.2) is 136 Å². The minimum absolute atomic E-state index is 0.0134. The van der Waals surface area contributed by atoms with Gasteiger partial charge >= 0.3 is 12.2 Å². The minimum Gasteiger partial charge on any atom is -0.444 e. The first-order valence-electron chi connectivity index (χ1n) is 24.8. The Labute approximate surface area is 456 Å². The van der Waals surface area contributed by atoms with Crippen molar-refractivity contribution >= 4 is 79.8 Å². The highest BCUT2D eigenvalue weighted by Gasteiger charge is 2.37. The van der Waals surface area contributed by atoms with E-state index in [-0.39, 0.29) is 24.3 Å². The fourth-order valence-corrected chi connectivity index (χ4v) is 10.5. The maximum atomic E-state index is 12.7. The Morgan fingerprint density at radius 1 is 0.680 bits per heavy atom. The molecule has 2 fully saturated rings. The van der Waals surface area contributed by atoms with Crippen molar-refractivity contribution in [1.29, 1.82) is 0 Å². The van der Waals surface area contributed by atoms with Gasteiger partial charge in [0.2, 0.25) is 0 Å². The molecular formula is C56H63BrCl2N10O6. The number of imidazole rings is 2. The zero-order valence-corrected chi connectivity index (χ0v) is 46.6. The summed E-state index contributed by atoms with van der Waals surface area (Å²) >= 11 is 16.5. The minimum atomic E-state index is -0.902. The number of halogens is 3. The Hall–Kier alpha value is -6.21. The van der Waals surface area contributed by atoms with Crippen LogP contribution in [0.2, 0.25) is 10.0 Å². The number of nitrogens with zero attached hydrogens (tertiary/aromatic N) is 10. The van der Waals surface area contributed by atoms with Crippen LogP contribution in [0.3, 0.4) is 0 Å². The molecule has 4 aliphatic rings. The molecule has 0 spiro atoms. The number of ether oxygens (including phenoxy) is 2. The third-order valence-corrected chi connectivity index (χ3v) is 14.2. The van der Waals surface area contributed by atoms with Gasteiger partial charge in [0.25, 0.3) is 0 Å². The second kappa shape index (κ2) is 23.4. The van der Waals surface area contributed by atoms with Gasteiger partial charge in [-0.1, -0.05) is 63.4 Å². The molecule has 1 unspecified atom stereocenters. The lowest BCUT2D eigenvalue weighted by Gasteiger charge is -2.40. The van der Waals surface area contributed by atoms with Gasteiger partial charge in [-0.05, 0) is 129 Å². The van der Waals surface area contributed by atoms with Gasteiger partial charge in [0.05, 0.1) is 54.2 Å². The molecule has 2 aliphatic heterocycles. The van der Waals surface area contributed by atoms with E-state index in [0.717, 1.165) is 74.2 Å². The van der Waals surface area contributed by atoms with Crippen LogP contribution in [0.1, 0.15) is 121 Å². The lowest BCUT2D eigenvalue weighted by Crippen LogP contribution is -2.51. The van der Waals surface area contributed by atoms with Gasteiger partial charge < -0.3 is 33.5 Å². The number of piperazine rings is 2. The highest BCUT2D eigenvalue weighted by atomic mass is 79.9. The van der Waals surface area contributed by atoms with Crippen molar-refractivity contribution in [2.75, 3.05) is 52.4 Å². The quantitative estimate of drug-likeness (QED) is 0.163. The van der Waals surface area contributed by atoms with E-state index < -0.39 is 17.3 Å². The second-order valence-corrected chi connectivity index (χ2v) is 22.4. The number of aromatic nitrogens is 6. The van der Waals surface area contributed by atoms with E-state index in [1.807, 2.05) is 114 Å². The fraction of sp³-hybridized carbons (Fsp3) is 0.375. The summed E-state index contributed by atoms with van der Waals surface area (Å²) in [7, 11) is 3.64. The van der Waals surface area contributed by atoms with E-state index in [9.17, 15) is 19.5 Å². The summed E-state index contributed by atoms with van der Waals surface area (Å²) in [6.07, 6.45) is 13.5. The lowest BCUT2D eigenvalue weighted by atomic mass is 9.91. The predicted molar refractivity (Wildman–Crippen MR) is 295 cm³/mol. The SMILES string of the molecule is CC(C)(C)OC(=O)N1CCN([C@H]2c3ccc(Cl)cc3C(Br)=Cc3cccnc32)CC1.Cn1cncc1C(O)C1=Cc2cccnc2[C@@H](N2CCN(C(=O)OC(C)(C)C)CC2)c2ccc(Cl)cc21.Cn1cncc1C=O. The van der Waals surface area contributed by atoms with Crippen LogP contribution in [0.15, 0.2) is 98.1 Å². The summed E-state index contributed by atoms with van der Waals surface area (Å²) in [5, 5.41) is 12.8. The van der Waals surface area contributed by atoms with Crippen LogP contribution in [0.5, 0.6) is 0 Å². The van der Waals surface area contributed by atoms with E-state index in [2.05, 4.69) is 53.9 Å². The maximum Gasteiger partial charge on any atom is 0.410 e. The lowest BCUT2D eigenvalue weighted by molar-refractivity contribution is 0.0109. The van der Waals surface area contributed by atoms with E-state index in [0.29, 0.717) is 60.7 Å². The van der Waals surface area contributed by atoms with Gasteiger partial charge in [-0.25, -0.2) is 19.6 Å². The number of carbonyl (C=O) groups is 3. The summed E-state index contributed by atoms with van der Waals surface area (Å²) < 4.78 is 15.6. The molecule has 2 aliphatic carbocycles. The number of hydrogen-bond acceptors (Lipinski definition) is 12. The van der Waals surface area contributed by atoms with Crippen molar-refractivity contribution in [2.24, 2.45) is 14.1 Å². The number of amides is 2. The summed E-state index contributed by atoms with van der Waals surface area (Å²) in [5.74, 6) is 0. The van der Waals surface area contributed by atoms with Gasteiger partial charge in [-0.2, -0.15) is 0 Å². The van der Waals surface area contributed by atoms with E-state index >= 15 is 0 Å². The number of carbonyl (C=O) groups excluding carboxylic acids is 3. The molecule has 1 N–H and O–H groups in total. The average Bonchev–Trinajstić information content (AvgIpc) is 3.95. The Morgan fingerprint density at radius 3 is 1.59 bits per heavy atom. The number of aryl methyl sites for hydroxylation is 2. The Balaban J connectivity index is 0.000000176. The second-order valence-electron chi connectivity index (χ2n) is 20.7. The number of rotatable bonds is 5. The maximum absolute atomic E-state index is 12.7. The number of aliphatic hydroxyl groups is 1. The van der Waals surface area contributed by atoms with Crippen LogP contribution in [0.4, 0.5) is 9.59 Å². The van der Waals surface area contributed by atoms with Gasteiger partial charge in [0.1, 0.15) is 23.0 Å². The fourth-order valence-electron chi connectivity index (χ4n) is 9.52. The van der Waals surface area contributed by atoms with Crippen molar-refractivity contribution in [1.82, 2.24) is 48.7 Å². The van der Waals surface area contributed by atoms with E-state index in [4.69, 9.17) is 42.6 Å². The molecule has 3 atom stereocenters. The standard InChI is InChI=1S/C28H32ClN5O3.C23H25BrClN3O2.C5H6N2O/c1-28(2,3)37-27(36)34-12-10-33(11-13-34)25-20-8-7-19(29)15-21(20)22(14-18-6-5-9-31-24(18)25)26(35)23-16-30-17-32(23)4;1-23(2,3)30-22(29)28-11-9-27(10-12-28)21-17-7-6-16(25)14-18(17)19(24)13-15-5-4-8-26-20(15)21;1-7-4-6-2-5(7)3-8/h5-9,14-17,25-26,35H,10-13H2,1-4H3;4-8,13-14,21H,9-12H2,1-3H3;2-4H,1H3/t25-,26?;21-;/m00./s1. The molecular weight excluding hydrogens is 1060 g/mol. The number of benzene rings is 2. The third kappa shape index (κ3) is 13.1. The van der Waals surface area contributed by atoms with E-state index in [1.54, 1.807) is 46.5 Å². The van der Waals surface area contributed by atoms with Gasteiger partial charge in [-0.3, -0.25) is 24.6 Å². The van der Waals surface area contributed by atoms with Crippen molar-refractivity contribution in [3.8, 4) is 0 Å². The third-order valence-electron chi connectivity index (χ3n) is 13.1. The first-order chi connectivity index (χ1) is 35.7. The average molecular weight is 1120 g/mol. The van der Waals surface area contributed by atoms with Gasteiger partial charge in [-0.15, -0.1) is 0 Å². The summed E-state index contributed by atoms with van der Waals surface area (Å²) in [4.78, 5) is 60.9. The zero-order chi connectivity index (χ0) is 53.8. The van der Waals surface area contributed by atoms with Gasteiger partial charge in [0, 0.05) is 93.4 Å². The zero-order valence-electron chi connectivity index (χ0n) is 43.5. The number of aliphatic hydroxyl groups excluding tert-OH is 1. The number of aldehydes is 1. The summed E-state index contributed by atoms with van der Waals surface area (Å²) in [5.41, 5.74) is 9.06. The van der Waals surface area contributed by atoms with Crippen molar-refractivity contribution < 1.29 is 29.0 Å². The Morgan fingerprint density at radius 2 is 1.15 bits per heavy atom. The normalized spacial score (nSPS) is 18.1. The van der Waals surface area contributed by atoms with Crippen molar-refractivity contribution in [3.05, 3.63) is 164 Å². The first-order valence-corrected chi connectivity index (χ1v) is 26.3. The van der Waals surface area contributed by atoms with Crippen LogP contribution in [-0.2, 0) is 23.6 Å². The molecule has 394 valence electrons. The van der Waals surface area contributed by atoms with Crippen LogP contribution < -0.4 is 0 Å². The molecule has 2 saturated heterocycles. The largest absolute Gasteiger partial charge is 0.444 e. The summed E-state index contributed by atoms with van der Waals surface area (Å²) in [6, 6.07) is 19.6. The monoisotopic (exact) mass is 1120 g/mol. The molecule has 0 saturated carbocycles. The molecule has 6 aromatic rings. The first kappa shape index (κ1) is 55.0. The smallest absolute Gasteiger partial charge is 0.410 e. The highest BCUT2D eigenvalue weighted by molar-refractivity contribution is 9.15. The molecule has 2 aromatic carbocycles. The van der Waals surface area contributed by atoms with E-state index in [1.165, 1.54) is 6.20 Å². The van der Waals surface area contributed by atoms with Crippen molar-refractivity contribution in [3.63, 3.8) is 0 Å². The predicted octanol–water partition coefficient (Wildman–Crippen LogP) is 10.5. The number of hydrogen-bond donors (Lipinski definition) is 1. The molecule has 19 heteroatoms. The van der Waals surface area contributed by atoms with Crippen LogP contribution in [0.25, 0.3) is 22.2 Å². The molecule has 0 bridgehead atoms. The van der Waals surface area contributed by atoms with Crippen molar-refractivity contribution in [2.45, 2.75) is 70.9 Å². The van der Waals surface area contributed by atoms with Crippen LogP contribution >= 0.6 is 39.1 Å². The highest BCUT2D eigenvalue weighted by Crippen LogP contribution is 2.45. The molecule has 6 heterocycles. The van der Waals surface area contributed by atoms with Crippen LogP contribution in [0, 0.1) is 0 Å². The topological polar surface area (TPSA) is 164 Å². The number of pyridine rings is 2. The molecule has 2 amide bonds. The Kier molecular flexibility index (Phi) is 17.1. The Bertz CT molecular complexity index is 3090.